The Morgan fingerprint density at radius 2 is 2.29 bits per heavy atom. The predicted molar refractivity (Wildman–Crippen MR) is 61.3 cm³/mol. The van der Waals surface area contributed by atoms with E-state index in [0.717, 1.165) is 30.8 Å². The summed E-state index contributed by atoms with van der Waals surface area (Å²) in [6, 6.07) is 0. The molecule has 1 rings (SSSR count). The van der Waals surface area contributed by atoms with E-state index in [4.69, 9.17) is 5.73 Å². The van der Waals surface area contributed by atoms with Crippen LogP contribution in [0.1, 0.15) is 26.2 Å². The Morgan fingerprint density at radius 3 is 2.64 bits per heavy atom. The fourth-order valence-corrected chi connectivity index (χ4v) is 3.02. The van der Waals surface area contributed by atoms with E-state index in [2.05, 4.69) is 12.2 Å². The number of hydrogen-bond donors (Lipinski definition) is 2. The highest BCUT2D eigenvalue weighted by Crippen LogP contribution is 2.41. The lowest BCUT2D eigenvalue weighted by Crippen LogP contribution is -2.58. The Hall–Kier alpha value is -0.220. The zero-order valence-corrected chi connectivity index (χ0v) is 9.82. The molecule has 3 nitrogen and oxygen atoms in total. The van der Waals surface area contributed by atoms with E-state index in [9.17, 15) is 4.79 Å². The van der Waals surface area contributed by atoms with Gasteiger partial charge in [-0.05, 0) is 38.0 Å². The summed E-state index contributed by atoms with van der Waals surface area (Å²) in [5, 5.41) is 3.14. The molecule has 1 fully saturated rings. The van der Waals surface area contributed by atoms with Gasteiger partial charge in [-0.25, -0.2) is 0 Å². The minimum absolute atomic E-state index is 0.189. The molecule has 0 heterocycles. The Morgan fingerprint density at radius 1 is 1.64 bits per heavy atom. The first kappa shape index (κ1) is 11.9. The molecule has 1 aliphatic carbocycles. The summed E-state index contributed by atoms with van der Waals surface area (Å²) < 4.78 is 0. The van der Waals surface area contributed by atoms with Crippen LogP contribution in [-0.4, -0.2) is 30.0 Å². The number of thioether (sulfide) groups is 1. The molecule has 0 bridgehead atoms. The van der Waals surface area contributed by atoms with Crippen LogP contribution >= 0.6 is 11.8 Å². The molecule has 0 aromatic heterocycles. The van der Waals surface area contributed by atoms with E-state index >= 15 is 0 Å². The number of nitrogens with one attached hydrogen (secondary N) is 1. The highest BCUT2D eigenvalue weighted by molar-refractivity contribution is 7.99. The zero-order chi connectivity index (χ0) is 10.6. The Balaban J connectivity index is 2.54. The maximum absolute atomic E-state index is 11.5. The number of carbonyl (C=O) groups excluding carboxylic acids is 1. The van der Waals surface area contributed by atoms with Crippen LogP contribution in [0.5, 0.6) is 0 Å². The van der Waals surface area contributed by atoms with Crippen LogP contribution in [0.15, 0.2) is 0 Å². The molecule has 1 aliphatic rings. The molecule has 3 N–H and O–H groups in total. The second kappa shape index (κ2) is 5.03. The van der Waals surface area contributed by atoms with Crippen LogP contribution in [0, 0.1) is 5.92 Å². The van der Waals surface area contributed by atoms with Crippen molar-refractivity contribution < 1.29 is 4.79 Å². The SMILES string of the molecule is CCCSCC(NC)(C(N)=O)C1CC1. The average Bonchev–Trinajstić information content (AvgIpc) is 2.96. The first-order valence-electron chi connectivity index (χ1n) is 5.24. The molecule has 1 amide bonds. The quantitative estimate of drug-likeness (QED) is 0.624. The first-order valence-corrected chi connectivity index (χ1v) is 6.39. The normalized spacial score (nSPS) is 20.4. The lowest BCUT2D eigenvalue weighted by molar-refractivity contribution is -0.124. The lowest BCUT2D eigenvalue weighted by atomic mass is 9.95. The van der Waals surface area contributed by atoms with Gasteiger partial charge in [0.15, 0.2) is 0 Å². The molecule has 14 heavy (non-hydrogen) atoms. The summed E-state index contributed by atoms with van der Waals surface area (Å²) >= 11 is 1.82. The van der Waals surface area contributed by atoms with Crippen molar-refractivity contribution in [2.75, 3.05) is 18.6 Å². The van der Waals surface area contributed by atoms with Gasteiger partial charge in [-0.3, -0.25) is 4.79 Å². The Kier molecular flexibility index (Phi) is 4.26. The molecule has 1 unspecified atom stereocenters. The fraction of sp³-hybridized carbons (Fsp3) is 0.900. The number of primary amides is 1. The molecule has 0 aliphatic heterocycles. The third kappa shape index (κ3) is 2.42. The molecule has 82 valence electrons. The second-order valence-electron chi connectivity index (χ2n) is 3.91. The van der Waals surface area contributed by atoms with E-state index in [-0.39, 0.29) is 5.91 Å². The van der Waals surface area contributed by atoms with Gasteiger partial charge in [0.25, 0.3) is 0 Å². The van der Waals surface area contributed by atoms with Crippen molar-refractivity contribution in [1.29, 1.82) is 0 Å². The van der Waals surface area contributed by atoms with Crippen LogP contribution in [0.4, 0.5) is 0 Å². The summed E-state index contributed by atoms with van der Waals surface area (Å²) in [5.41, 5.74) is 5.05. The summed E-state index contributed by atoms with van der Waals surface area (Å²) in [7, 11) is 1.84. The molecule has 0 spiro atoms. The third-order valence-electron chi connectivity index (χ3n) is 2.84. The lowest BCUT2D eigenvalue weighted by Gasteiger charge is -2.30. The first-order chi connectivity index (χ1) is 6.67. The van der Waals surface area contributed by atoms with Gasteiger partial charge in [0.05, 0.1) is 0 Å². The maximum atomic E-state index is 11.5. The number of hydrogen-bond acceptors (Lipinski definition) is 3. The van der Waals surface area contributed by atoms with Crippen molar-refractivity contribution in [2.24, 2.45) is 11.7 Å². The van der Waals surface area contributed by atoms with Gasteiger partial charge in [0.2, 0.25) is 5.91 Å². The van der Waals surface area contributed by atoms with Gasteiger partial charge in [0, 0.05) is 5.75 Å². The molecular formula is C10H20N2OS. The van der Waals surface area contributed by atoms with Crippen molar-refractivity contribution in [3.8, 4) is 0 Å². The summed E-state index contributed by atoms with van der Waals surface area (Å²) in [6.45, 7) is 2.15. The van der Waals surface area contributed by atoms with Gasteiger partial charge >= 0.3 is 0 Å². The maximum Gasteiger partial charge on any atom is 0.238 e. The minimum atomic E-state index is -0.445. The molecule has 1 saturated carbocycles. The van der Waals surface area contributed by atoms with Crippen LogP contribution in [0.3, 0.4) is 0 Å². The van der Waals surface area contributed by atoms with Crippen molar-refractivity contribution in [1.82, 2.24) is 5.32 Å². The van der Waals surface area contributed by atoms with E-state index < -0.39 is 5.54 Å². The van der Waals surface area contributed by atoms with Crippen molar-refractivity contribution >= 4 is 17.7 Å². The van der Waals surface area contributed by atoms with Gasteiger partial charge in [-0.15, -0.1) is 0 Å². The monoisotopic (exact) mass is 216 g/mol. The smallest absolute Gasteiger partial charge is 0.238 e. The van der Waals surface area contributed by atoms with E-state index in [1.807, 2.05) is 18.8 Å². The number of nitrogens with two attached hydrogens (primary N) is 1. The average molecular weight is 216 g/mol. The highest BCUT2D eigenvalue weighted by atomic mass is 32.2. The summed E-state index contributed by atoms with van der Waals surface area (Å²) in [4.78, 5) is 11.5. The molecule has 0 aromatic rings. The zero-order valence-electron chi connectivity index (χ0n) is 9.01. The van der Waals surface area contributed by atoms with E-state index in [1.165, 1.54) is 0 Å². The van der Waals surface area contributed by atoms with Crippen molar-refractivity contribution in [3.05, 3.63) is 0 Å². The number of amides is 1. The largest absolute Gasteiger partial charge is 0.368 e. The number of rotatable bonds is 7. The standard InChI is InChI=1S/C10H20N2OS/c1-3-6-14-7-10(12-2,9(11)13)8-4-5-8/h8,12H,3-7H2,1-2H3,(H2,11,13). The second-order valence-corrected chi connectivity index (χ2v) is 5.02. The van der Waals surface area contributed by atoms with Crippen LogP contribution < -0.4 is 11.1 Å². The van der Waals surface area contributed by atoms with Crippen molar-refractivity contribution in [2.45, 2.75) is 31.7 Å². The minimum Gasteiger partial charge on any atom is -0.368 e. The molecule has 4 heteroatoms. The summed E-state index contributed by atoms with van der Waals surface area (Å²) in [5.74, 6) is 2.20. The predicted octanol–water partition coefficient (Wildman–Crippen LogP) is 0.983. The highest BCUT2D eigenvalue weighted by Gasteiger charge is 2.48. The number of likely N-dealkylation sites (N-methyl/N-ethyl adjacent to an activating group) is 1. The Labute approximate surface area is 90.2 Å². The third-order valence-corrected chi connectivity index (χ3v) is 4.19. The Bertz CT molecular complexity index is 206. The van der Waals surface area contributed by atoms with Gasteiger partial charge in [0.1, 0.15) is 5.54 Å². The van der Waals surface area contributed by atoms with E-state index in [1.54, 1.807) is 0 Å². The fourth-order valence-electron chi connectivity index (χ4n) is 1.74. The molecular weight excluding hydrogens is 196 g/mol. The van der Waals surface area contributed by atoms with Crippen LogP contribution in [0.2, 0.25) is 0 Å². The molecule has 0 saturated heterocycles. The van der Waals surface area contributed by atoms with Crippen LogP contribution in [0.25, 0.3) is 0 Å². The van der Waals surface area contributed by atoms with Gasteiger partial charge < -0.3 is 11.1 Å². The van der Waals surface area contributed by atoms with Crippen LogP contribution in [-0.2, 0) is 4.79 Å². The number of carbonyl (C=O) groups is 1. The molecule has 1 atom stereocenters. The topological polar surface area (TPSA) is 55.1 Å². The molecule has 0 radical (unpaired) electrons. The van der Waals surface area contributed by atoms with Gasteiger partial charge in [-0.1, -0.05) is 6.92 Å². The van der Waals surface area contributed by atoms with Gasteiger partial charge in [-0.2, -0.15) is 11.8 Å². The van der Waals surface area contributed by atoms with E-state index in [0.29, 0.717) is 5.92 Å². The van der Waals surface area contributed by atoms with Crippen molar-refractivity contribution in [3.63, 3.8) is 0 Å². The summed E-state index contributed by atoms with van der Waals surface area (Å²) in [6.07, 6.45) is 3.42. The molecule has 0 aromatic carbocycles.